The van der Waals surface area contributed by atoms with Crippen LogP contribution in [0.5, 0.6) is 17.5 Å². The molecule has 0 aliphatic heterocycles. The van der Waals surface area contributed by atoms with Gasteiger partial charge in [0.2, 0.25) is 11.8 Å². The minimum atomic E-state index is -0.549. The van der Waals surface area contributed by atoms with Crippen LogP contribution in [0.15, 0.2) is 6.07 Å². The molecular weight excluding hydrogens is 176 g/mol. The molecule has 1 amide bonds. The van der Waals surface area contributed by atoms with Crippen molar-refractivity contribution < 1.29 is 20.1 Å². The molecule has 1 heterocycles. The summed E-state index contributed by atoms with van der Waals surface area (Å²) in [5.74, 6) is -1.76. The molecule has 0 fully saturated rings. The number of nitrogens with two attached hydrogens (primary N) is 1. The van der Waals surface area contributed by atoms with Gasteiger partial charge < -0.3 is 21.1 Å². The summed E-state index contributed by atoms with van der Waals surface area (Å²) in [6, 6.07) is 0.982. The van der Waals surface area contributed by atoms with Gasteiger partial charge in [-0.1, -0.05) is 0 Å². The standard InChI is InChI=1S/C7H10N2O4/c8-5(11)1-2-9-6(12)3-4(10)7(9)13/h3,10,12-13H,1-2H2,(H2,8,11). The van der Waals surface area contributed by atoms with E-state index in [2.05, 4.69) is 0 Å². The SMILES string of the molecule is NC(=O)CCn1c(O)cc(O)c1O. The zero-order valence-electron chi connectivity index (χ0n) is 6.77. The Labute approximate surface area is 73.8 Å². The molecule has 0 aromatic carbocycles. The fraction of sp³-hybridized carbons (Fsp3) is 0.286. The molecule has 6 nitrogen and oxygen atoms in total. The number of primary amides is 1. The smallest absolute Gasteiger partial charge is 0.237 e. The predicted molar refractivity (Wildman–Crippen MR) is 43.2 cm³/mol. The van der Waals surface area contributed by atoms with Gasteiger partial charge in [-0.05, 0) is 0 Å². The number of amides is 1. The fourth-order valence-corrected chi connectivity index (χ4v) is 0.954. The van der Waals surface area contributed by atoms with E-state index in [4.69, 9.17) is 21.1 Å². The number of aromatic hydroxyl groups is 3. The number of hydrogen-bond donors (Lipinski definition) is 4. The zero-order valence-corrected chi connectivity index (χ0v) is 6.77. The van der Waals surface area contributed by atoms with E-state index in [-0.39, 0.29) is 18.8 Å². The lowest BCUT2D eigenvalue weighted by Gasteiger charge is -2.03. The quantitative estimate of drug-likeness (QED) is 0.509. The van der Waals surface area contributed by atoms with E-state index in [9.17, 15) is 4.79 Å². The molecule has 13 heavy (non-hydrogen) atoms. The summed E-state index contributed by atoms with van der Waals surface area (Å²) in [5.41, 5.74) is 4.87. The lowest BCUT2D eigenvalue weighted by atomic mass is 10.4. The molecule has 0 spiro atoms. The molecule has 5 N–H and O–H groups in total. The number of nitrogens with zero attached hydrogens (tertiary/aromatic N) is 1. The minimum Gasteiger partial charge on any atom is -0.503 e. The first-order valence-corrected chi connectivity index (χ1v) is 3.61. The van der Waals surface area contributed by atoms with Gasteiger partial charge in [-0.3, -0.25) is 9.36 Å². The molecule has 0 saturated heterocycles. The van der Waals surface area contributed by atoms with Crippen LogP contribution in [0.25, 0.3) is 0 Å². The van der Waals surface area contributed by atoms with E-state index in [1.54, 1.807) is 0 Å². The van der Waals surface area contributed by atoms with Gasteiger partial charge in [0.25, 0.3) is 0 Å². The van der Waals surface area contributed by atoms with Gasteiger partial charge in [-0.25, -0.2) is 0 Å². The summed E-state index contributed by atoms with van der Waals surface area (Å²) in [5, 5.41) is 27.2. The largest absolute Gasteiger partial charge is 0.503 e. The number of hydrogen-bond acceptors (Lipinski definition) is 4. The van der Waals surface area contributed by atoms with Crippen LogP contribution < -0.4 is 5.73 Å². The maximum Gasteiger partial charge on any atom is 0.237 e. The van der Waals surface area contributed by atoms with Crippen molar-refractivity contribution in [3.63, 3.8) is 0 Å². The number of aromatic nitrogens is 1. The van der Waals surface area contributed by atoms with Crippen molar-refractivity contribution in [2.75, 3.05) is 0 Å². The Morgan fingerprint density at radius 1 is 1.46 bits per heavy atom. The molecule has 1 aromatic heterocycles. The Morgan fingerprint density at radius 3 is 2.46 bits per heavy atom. The molecule has 6 heteroatoms. The van der Waals surface area contributed by atoms with Gasteiger partial charge in [0.15, 0.2) is 11.6 Å². The zero-order chi connectivity index (χ0) is 10.0. The molecule has 0 unspecified atom stereocenters. The summed E-state index contributed by atoms with van der Waals surface area (Å²) in [4.78, 5) is 10.4. The van der Waals surface area contributed by atoms with Gasteiger partial charge in [0.05, 0.1) is 0 Å². The van der Waals surface area contributed by atoms with Crippen LogP contribution in [0.4, 0.5) is 0 Å². The average Bonchev–Trinajstić information content (AvgIpc) is 2.24. The second-order valence-corrected chi connectivity index (χ2v) is 2.58. The molecule has 0 bridgehead atoms. The molecule has 1 aromatic rings. The first-order chi connectivity index (χ1) is 6.02. The van der Waals surface area contributed by atoms with Crippen molar-refractivity contribution in [2.24, 2.45) is 5.73 Å². The molecule has 0 atom stereocenters. The van der Waals surface area contributed by atoms with Crippen LogP contribution in [0, 0.1) is 0 Å². The summed E-state index contributed by atoms with van der Waals surface area (Å²) >= 11 is 0. The number of carbonyl (C=O) groups is 1. The average molecular weight is 186 g/mol. The van der Waals surface area contributed by atoms with E-state index in [0.29, 0.717) is 0 Å². The van der Waals surface area contributed by atoms with E-state index < -0.39 is 17.5 Å². The van der Waals surface area contributed by atoms with Gasteiger partial charge in [-0.2, -0.15) is 0 Å². The molecular formula is C7H10N2O4. The lowest BCUT2D eigenvalue weighted by molar-refractivity contribution is -0.118. The van der Waals surface area contributed by atoms with Crippen LogP contribution in [0.1, 0.15) is 6.42 Å². The van der Waals surface area contributed by atoms with Crippen molar-refractivity contribution in [2.45, 2.75) is 13.0 Å². The highest BCUT2D eigenvalue weighted by atomic mass is 16.3. The van der Waals surface area contributed by atoms with Crippen LogP contribution in [0.2, 0.25) is 0 Å². The van der Waals surface area contributed by atoms with Crippen LogP contribution in [-0.2, 0) is 11.3 Å². The second kappa shape index (κ2) is 3.26. The fourth-order valence-electron chi connectivity index (χ4n) is 0.954. The molecule has 0 aliphatic rings. The third kappa shape index (κ3) is 1.84. The minimum absolute atomic E-state index is 0.0186. The summed E-state index contributed by atoms with van der Waals surface area (Å²) in [6.07, 6.45) is -0.0186. The summed E-state index contributed by atoms with van der Waals surface area (Å²) in [7, 11) is 0. The van der Waals surface area contributed by atoms with Crippen molar-refractivity contribution in [1.29, 1.82) is 0 Å². The second-order valence-electron chi connectivity index (χ2n) is 2.58. The maximum absolute atomic E-state index is 10.4. The van der Waals surface area contributed by atoms with Crippen molar-refractivity contribution in [3.05, 3.63) is 6.07 Å². The Kier molecular flexibility index (Phi) is 2.32. The summed E-state index contributed by atoms with van der Waals surface area (Å²) < 4.78 is 0.986. The van der Waals surface area contributed by atoms with Crippen LogP contribution in [0.3, 0.4) is 0 Å². The lowest BCUT2D eigenvalue weighted by Crippen LogP contribution is -2.13. The maximum atomic E-state index is 10.4. The third-order valence-corrected chi connectivity index (χ3v) is 1.61. The Balaban J connectivity index is 2.81. The van der Waals surface area contributed by atoms with Gasteiger partial charge in [0, 0.05) is 19.0 Å². The predicted octanol–water partition coefficient (Wildman–Crippen LogP) is -0.520. The Morgan fingerprint density at radius 2 is 2.08 bits per heavy atom. The first-order valence-electron chi connectivity index (χ1n) is 3.61. The van der Waals surface area contributed by atoms with Crippen molar-refractivity contribution >= 4 is 5.91 Å². The first kappa shape index (κ1) is 9.24. The Bertz CT molecular complexity index is 331. The van der Waals surface area contributed by atoms with E-state index >= 15 is 0 Å². The van der Waals surface area contributed by atoms with E-state index in [0.717, 1.165) is 10.6 Å². The topological polar surface area (TPSA) is 109 Å². The monoisotopic (exact) mass is 186 g/mol. The van der Waals surface area contributed by atoms with Gasteiger partial charge >= 0.3 is 0 Å². The van der Waals surface area contributed by atoms with Crippen LogP contribution in [-0.4, -0.2) is 25.8 Å². The molecule has 0 aliphatic carbocycles. The highest BCUT2D eigenvalue weighted by molar-refractivity contribution is 5.73. The molecule has 0 saturated carbocycles. The Hall–Kier alpha value is -1.85. The van der Waals surface area contributed by atoms with Crippen molar-refractivity contribution in [1.82, 2.24) is 4.57 Å². The number of carbonyl (C=O) groups excluding carboxylic acids is 1. The normalized spacial score (nSPS) is 10.2. The number of rotatable bonds is 3. The summed E-state index contributed by atoms with van der Waals surface area (Å²) in [6.45, 7) is 0.0353. The molecule has 0 radical (unpaired) electrons. The highest BCUT2D eigenvalue weighted by Crippen LogP contribution is 2.32. The van der Waals surface area contributed by atoms with Crippen molar-refractivity contribution in [3.8, 4) is 17.5 Å². The van der Waals surface area contributed by atoms with E-state index in [1.165, 1.54) is 0 Å². The van der Waals surface area contributed by atoms with E-state index in [1.807, 2.05) is 0 Å². The van der Waals surface area contributed by atoms with Gasteiger partial charge in [-0.15, -0.1) is 0 Å². The highest BCUT2D eigenvalue weighted by Gasteiger charge is 2.12. The molecule has 72 valence electrons. The molecule has 1 rings (SSSR count). The van der Waals surface area contributed by atoms with Gasteiger partial charge in [0.1, 0.15) is 0 Å². The van der Waals surface area contributed by atoms with Crippen LogP contribution >= 0.6 is 0 Å². The third-order valence-electron chi connectivity index (χ3n) is 1.61.